The lowest BCUT2D eigenvalue weighted by atomic mass is 10.0. The Kier molecular flexibility index (Phi) is 27.2. The number of aromatic nitrogens is 16. The summed E-state index contributed by atoms with van der Waals surface area (Å²) in [5.74, 6) is 2.18. The van der Waals surface area contributed by atoms with Crippen molar-refractivity contribution in [3.8, 4) is 23.5 Å². The summed E-state index contributed by atoms with van der Waals surface area (Å²) >= 11 is 23.8. The number of aryl methyl sites for hydroxylation is 8. The van der Waals surface area contributed by atoms with Crippen molar-refractivity contribution in [2.45, 2.75) is 57.5 Å². The molecule has 16 aromatic rings. The number of hydrogen-bond donors (Lipinski definition) is 5. The second-order valence-electron chi connectivity index (χ2n) is 25.1. The molecule has 0 saturated carbocycles. The number of nitrogens with one attached hydrogen (secondary N) is 4. The summed E-state index contributed by atoms with van der Waals surface area (Å²) in [6.07, 6.45) is 33.4. The normalized spacial score (nSPS) is 11.1. The number of aliphatic hydroxyl groups excluding tert-OH is 1. The van der Waals surface area contributed by atoms with Gasteiger partial charge in [-0.25, -0.2) is 39.9 Å². The quantitative estimate of drug-likeness (QED) is 0.0293. The second-order valence-corrected chi connectivity index (χ2v) is 26.9. The molecular weight excluding hydrogens is 1500 g/mol. The third-order valence-corrected chi connectivity index (χ3v) is 18.5. The van der Waals surface area contributed by atoms with Gasteiger partial charge in [0.2, 0.25) is 23.5 Å². The van der Waals surface area contributed by atoms with Gasteiger partial charge in [-0.1, -0.05) is 76.7 Å². The SMILES string of the molecule is COc1ccc(CCc2ccc(C(=O)c3c[nH]c4ncc(Cl)cc34)cn2)cn1.COc1ccc(CCc2ccc(C(=O)c3c[nH]c4ncc(Cl)cc34)cn2)cn1.COc1ccc(CCc2ccc(C(O)c3c[nH]c4ncc(Cl)cc34)cn2)cn1.COc1ccc(CCc2ccc(C=O)cn2)cn1.Clc1cnc2[nH]ccc2c1. The molecule has 0 amide bonds. The summed E-state index contributed by atoms with van der Waals surface area (Å²) in [4.78, 5) is 99.2. The molecule has 0 aromatic carbocycles. The van der Waals surface area contributed by atoms with Gasteiger partial charge in [-0.15, -0.1) is 0 Å². The lowest BCUT2D eigenvalue weighted by Gasteiger charge is -2.11. The fraction of sp³-hybridized carbons (Fsp3) is 0.155. The van der Waals surface area contributed by atoms with Gasteiger partial charge >= 0.3 is 0 Å². The number of hydrogen-bond acceptors (Lipinski definition) is 20. The van der Waals surface area contributed by atoms with E-state index in [9.17, 15) is 19.5 Å². The number of carbonyl (C=O) groups excluding carboxylic acids is 3. The lowest BCUT2D eigenvalue weighted by Crippen LogP contribution is -2.03. The van der Waals surface area contributed by atoms with Gasteiger partial charge in [0.15, 0.2) is 17.9 Å². The number of aromatic amines is 4. The molecule has 0 aliphatic heterocycles. The summed E-state index contributed by atoms with van der Waals surface area (Å²) in [6, 6.07) is 39.3. The van der Waals surface area contributed by atoms with Crippen molar-refractivity contribution in [3.63, 3.8) is 0 Å². The third kappa shape index (κ3) is 21.2. The molecule has 16 heterocycles. The van der Waals surface area contributed by atoms with E-state index >= 15 is 0 Å². The Balaban J connectivity index is 0.000000134. The Morgan fingerprint density at radius 2 is 0.750 bits per heavy atom. The highest BCUT2D eigenvalue weighted by molar-refractivity contribution is 6.32. The number of aliphatic hydroxyl groups is 1. The molecule has 0 spiro atoms. The van der Waals surface area contributed by atoms with Crippen molar-refractivity contribution < 1.29 is 38.4 Å². The van der Waals surface area contributed by atoms with E-state index in [1.807, 2.05) is 103 Å². The molecule has 0 radical (unpaired) electrons. The van der Waals surface area contributed by atoms with E-state index in [0.717, 1.165) is 130 Å². The zero-order chi connectivity index (χ0) is 78.3. The fourth-order valence-electron chi connectivity index (χ4n) is 11.6. The molecule has 0 aliphatic carbocycles. The number of ether oxygens (including phenoxy) is 4. The summed E-state index contributed by atoms with van der Waals surface area (Å²) in [7, 11) is 6.39. The summed E-state index contributed by atoms with van der Waals surface area (Å²) in [6.45, 7) is 0. The molecule has 1 atom stereocenters. The highest BCUT2D eigenvalue weighted by atomic mass is 35.5. The van der Waals surface area contributed by atoms with Gasteiger partial charge in [0, 0.05) is 207 Å². The molecular formula is C84H72Cl4N16O8. The van der Waals surface area contributed by atoms with E-state index in [0.29, 0.717) is 99.1 Å². The van der Waals surface area contributed by atoms with Crippen LogP contribution in [-0.4, -0.2) is 131 Å². The molecule has 0 bridgehead atoms. The van der Waals surface area contributed by atoms with Crippen molar-refractivity contribution in [1.82, 2.24) is 79.7 Å². The molecule has 28 heteroatoms. The number of methoxy groups -OCH3 is 4. The smallest absolute Gasteiger partial charge is 0.212 e. The first kappa shape index (κ1) is 78.9. The maximum Gasteiger partial charge on any atom is 0.212 e. The van der Waals surface area contributed by atoms with Crippen LogP contribution in [0.4, 0.5) is 0 Å². The molecule has 112 heavy (non-hydrogen) atoms. The number of nitrogens with zero attached hydrogens (tertiary/aromatic N) is 12. The van der Waals surface area contributed by atoms with Gasteiger partial charge in [0.1, 0.15) is 28.7 Å². The van der Waals surface area contributed by atoms with Crippen LogP contribution < -0.4 is 18.9 Å². The van der Waals surface area contributed by atoms with Crippen LogP contribution in [0.3, 0.4) is 0 Å². The number of rotatable bonds is 23. The molecule has 24 nitrogen and oxygen atoms in total. The Labute approximate surface area is 662 Å². The average Bonchev–Trinajstić information content (AvgIpc) is 1.66. The third-order valence-electron chi connectivity index (χ3n) is 17.7. The highest BCUT2D eigenvalue weighted by Crippen LogP contribution is 2.31. The van der Waals surface area contributed by atoms with E-state index in [1.54, 1.807) is 152 Å². The van der Waals surface area contributed by atoms with E-state index < -0.39 is 6.10 Å². The number of H-pyrrole nitrogens is 4. The van der Waals surface area contributed by atoms with Crippen molar-refractivity contribution in [3.05, 3.63) is 331 Å². The zero-order valence-corrected chi connectivity index (χ0v) is 63.9. The molecule has 0 fully saturated rings. The first-order valence-corrected chi connectivity index (χ1v) is 36.5. The fourth-order valence-corrected chi connectivity index (χ4v) is 12.2. The minimum atomic E-state index is -0.804. The van der Waals surface area contributed by atoms with E-state index in [4.69, 9.17) is 65.4 Å². The van der Waals surface area contributed by atoms with Gasteiger partial charge < -0.3 is 44.0 Å². The van der Waals surface area contributed by atoms with Crippen LogP contribution in [0.2, 0.25) is 20.1 Å². The number of fused-ring (bicyclic) bond motifs is 4. The van der Waals surface area contributed by atoms with Crippen molar-refractivity contribution in [2.75, 3.05) is 28.4 Å². The molecule has 16 rings (SSSR count). The summed E-state index contributed by atoms with van der Waals surface area (Å²) in [5.41, 5.74) is 15.2. The monoisotopic (exact) mass is 1570 g/mol. The van der Waals surface area contributed by atoms with E-state index in [2.05, 4.69) is 79.7 Å². The van der Waals surface area contributed by atoms with Crippen molar-refractivity contribution >= 4 is 108 Å². The molecule has 564 valence electrons. The number of aldehydes is 1. The van der Waals surface area contributed by atoms with Gasteiger partial charge in [-0.3, -0.25) is 34.3 Å². The van der Waals surface area contributed by atoms with Crippen LogP contribution in [0, 0.1) is 0 Å². The molecule has 5 N–H and O–H groups in total. The molecule has 16 aromatic heterocycles. The van der Waals surface area contributed by atoms with Gasteiger partial charge in [0.05, 0.1) is 48.5 Å². The molecule has 0 saturated heterocycles. The Morgan fingerprint density at radius 1 is 0.375 bits per heavy atom. The van der Waals surface area contributed by atoms with Gasteiger partial charge in [-0.2, -0.15) is 0 Å². The maximum absolute atomic E-state index is 12.8. The Hall–Kier alpha value is -12.7. The Bertz CT molecular complexity index is 5600. The molecule has 0 aliphatic rings. The summed E-state index contributed by atoms with van der Waals surface area (Å²) < 4.78 is 20.2. The van der Waals surface area contributed by atoms with Crippen LogP contribution in [0.5, 0.6) is 23.5 Å². The first-order chi connectivity index (χ1) is 54.6. The number of halogens is 4. The largest absolute Gasteiger partial charge is 0.481 e. The topological polar surface area (TPSA) is 326 Å². The van der Waals surface area contributed by atoms with E-state index in [-0.39, 0.29) is 11.6 Å². The van der Waals surface area contributed by atoms with Crippen LogP contribution in [-0.2, 0) is 51.4 Å². The lowest BCUT2D eigenvalue weighted by molar-refractivity contribution is 0.103. The van der Waals surface area contributed by atoms with Crippen LogP contribution in [0.15, 0.2) is 227 Å². The predicted octanol–water partition coefficient (Wildman–Crippen LogP) is 16.2. The van der Waals surface area contributed by atoms with Gasteiger partial charge in [-0.05, 0) is 146 Å². The number of ketones is 2. The van der Waals surface area contributed by atoms with Crippen LogP contribution >= 0.6 is 46.4 Å². The first-order valence-electron chi connectivity index (χ1n) is 35.0. The minimum absolute atomic E-state index is 0.117. The minimum Gasteiger partial charge on any atom is -0.481 e. The number of carbonyl (C=O) groups is 3. The standard InChI is InChI=1S/C21H19ClN4O2.2C21H17ClN4O2.C14H14N2O2.C7H5ClN2/c3*1-28-19-7-3-13(9-24-19)2-5-16-6-4-14(10-23-16)20(27)18-12-26-21-17(18)8-15(22)11-25-21;1-18-14-7-4-11(8-16-14)2-5-13-6-3-12(10-17)9-15-13;8-6-3-5-1-2-9-7(5)10-4-6/h3-4,6-12,20,27H,2,5H2,1H3,(H,25,26);2*3-4,6-12H,2,5H2,1H3,(H,25,26);3-4,6-10H,2,5H2,1H3;1-4H,(H,9,10). The van der Waals surface area contributed by atoms with E-state index in [1.165, 1.54) is 0 Å². The highest BCUT2D eigenvalue weighted by Gasteiger charge is 2.20. The van der Waals surface area contributed by atoms with Gasteiger partial charge in [0.25, 0.3) is 0 Å². The van der Waals surface area contributed by atoms with Crippen molar-refractivity contribution in [2.24, 2.45) is 0 Å². The summed E-state index contributed by atoms with van der Waals surface area (Å²) in [5, 5.41) is 16.2. The number of pyridine rings is 12. The second kappa shape index (κ2) is 38.6. The molecule has 1 unspecified atom stereocenters. The van der Waals surface area contributed by atoms with Crippen LogP contribution in [0.25, 0.3) is 44.1 Å². The zero-order valence-electron chi connectivity index (χ0n) is 60.9. The van der Waals surface area contributed by atoms with Crippen LogP contribution in [0.1, 0.15) is 104 Å². The van der Waals surface area contributed by atoms with Crippen molar-refractivity contribution in [1.29, 1.82) is 0 Å². The predicted molar refractivity (Wildman–Crippen MR) is 430 cm³/mol. The Morgan fingerprint density at radius 3 is 1.12 bits per heavy atom. The maximum atomic E-state index is 12.8. The average molecular weight is 1580 g/mol.